The first-order valence-electron chi connectivity index (χ1n) is 6.99. The third kappa shape index (κ3) is 4.09. The average molecular weight is 353 g/mol. The number of halogens is 1. The Morgan fingerprint density at radius 2 is 2.14 bits per heavy atom. The molecule has 1 atom stereocenters. The summed E-state index contributed by atoms with van der Waals surface area (Å²) in [5.41, 5.74) is 2.20. The summed E-state index contributed by atoms with van der Waals surface area (Å²) in [6.45, 7) is 4.73. The van der Waals surface area contributed by atoms with Crippen LogP contribution >= 0.6 is 15.9 Å². The third-order valence-electron chi connectivity index (χ3n) is 3.21. The van der Waals surface area contributed by atoms with Gasteiger partial charge in [0.15, 0.2) is 0 Å². The number of nitrogens with one attached hydrogen (secondary N) is 1. The minimum absolute atomic E-state index is 0.0459. The van der Waals surface area contributed by atoms with Gasteiger partial charge < -0.3 is 10.2 Å². The Bertz CT molecular complexity index is 554. The Labute approximate surface area is 133 Å². The number of rotatable bonds is 7. The molecule has 0 saturated carbocycles. The second kappa shape index (κ2) is 7.63. The maximum absolute atomic E-state index is 4.48. The van der Waals surface area contributed by atoms with Crippen molar-refractivity contribution in [2.75, 3.05) is 27.2 Å². The lowest BCUT2D eigenvalue weighted by Crippen LogP contribution is -2.27. The van der Waals surface area contributed by atoms with Crippen LogP contribution in [0.3, 0.4) is 0 Å². The van der Waals surface area contributed by atoms with Gasteiger partial charge in [-0.1, -0.05) is 6.92 Å². The second-order valence-electron chi connectivity index (χ2n) is 5.07. The lowest BCUT2D eigenvalue weighted by atomic mass is 10.1. The van der Waals surface area contributed by atoms with Crippen molar-refractivity contribution >= 4 is 15.9 Å². The Hall–Kier alpha value is -1.31. The van der Waals surface area contributed by atoms with Gasteiger partial charge >= 0.3 is 0 Å². The number of hydrogen-bond acceptors (Lipinski definition) is 5. The summed E-state index contributed by atoms with van der Waals surface area (Å²) in [6.07, 6.45) is 5.36. The highest BCUT2D eigenvalue weighted by Crippen LogP contribution is 2.28. The van der Waals surface area contributed by atoms with Gasteiger partial charge in [-0.05, 0) is 48.2 Å². The average Bonchev–Trinajstić information content (AvgIpc) is 2.84. The van der Waals surface area contributed by atoms with Crippen LogP contribution in [0.25, 0.3) is 0 Å². The molecule has 0 spiro atoms. The third-order valence-corrected chi connectivity index (χ3v) is 3.83. The maximum atomic E-state index is 4.48. The van der Waals surface area contributed by atoms with Gasteiger partial charge in [-0.2, -0.15) is 15.3 Å². The predicted octanol–water partition coefficient (Wildman–Crippen LogP) is 1.70. The maximum Gasteiger partial charge on any atom is 0.0775 e. The SMILES string of the molecule is CCNC(c1ccnnc1)c1c(Br)cnn1CCN(C)C. The van der Waals surface area contributed by atoms with Crippen LogP contribution in [-0.2, 0) is 6.54 Å². The minimum Gasteiger partial charge on any atom is -0.308 e. The smallest absolute Gasteiger partial charge is 0.0775 e. The van der Waals surface area contributed by atoms with Gasteiger partial charge in [0.25, 0.3) is 0 Å². The van der Waals surface area contributed by atoms with E-state index in [9.17, 15) is 0 Å². The van der Waals surface area contributed by atoms with Crippen LogP contribution < -0.4 is 5.32 Å². The van der Waals surface area contributed by atoms with Crippen molar-refractivity contribution in [2.45, 2.75) is 19.5 Å². The van der Waals surface area contributed by atoms with Gasteiger partial charge in [0, 0.05) is 12.7 Å². The van der Waals surface area contributed by atoms with E-state index in [0.29, 0.717) is 0 Å². The summed E-state index contributed by atoms with van der Waals surface area (Å²) < 4.78 is 3.04. The van der Waals surface area contributed by atoms with Gasteiger partial charge in [0.05, 0.1) is 35.1 Å². The molecule has 7 heteroatoms. The summed E-state index contributed by atoms with van der Waals surface area (Å²) in [5.74, 6) is 0. The molecule has 0 saturated heterocycles. The molecule has 21 heavy (non-hydrogen) atoms. The fraction of sp³-hybridized carbons (Fsp3) is 0.500. The molecule has 114 valence electrons. The van der Waals surface area contributed by atoms with E-state index >= 15 is 0 Å². The Morgan fingerprint density at radius 3 is 2.76 bits per heavy atom. The molecular weight excluding hydrogens is 332 g/mol. The van der Waals surface area contributed by atoms with E-state index < -0.39 is 0 Å². The number of likely N-dealkylation sites (N-methyl/N-ethyl adjacent to an activating group) is 1. The van der Waals surface area contributed by atoms with Crippen LogP contribution in [-0.4, -0.2) is 52.1 Å². The second-order valence-corrected chi connectivity index (χ2v) is 5.92. The van der Waals surface area contributed by atoms with Crippen molar-refractivity contribution in [3.05, 3.63) is 40.4 Å². The highest BCUT2D eigenvalue weighted by atomic mass is 79.9. The van der Waals surface area contributed by atoms with E-state index in [2.05, 4.69) is 62.5 Å². The molecule has 0 aliphatic rings. The van der Waals surface area contributed by atoms with Crippen LogP contribution in [0.15, 0.2) is 29.1 Å². The fourth-order valence-corrected chi connectivity index (χ4v) is 2.71. The monoisotopic (exact) mass is 352 g/mol. The van der Waals surface area contributed by atoms with Gasteiger partial charge in [0.1, 0.15) is 0 Å². The summed E-state index contributed by atoms with van der Waals surface area (Å²) in [4.78, 5) is 2.15. The first-order chi connectivity index (χ1) is 10.1. The lowest BCUT2D eigenvalue weighted by Gasteiger charge is -2.21. The Morgan fingerprint density at radius 1 is 1.33 bits per heavy atom. The quantitative estimate of drug-likeness (QED) is 0.821. The molecule has 6 nitrogen and oxygen atoms in total. The van der Waals surface area contributed by atoms with E-state index in [0.717, 1.165) is 35.4 Å². The molecule has 1 unspecified atom stereocenters. The zero-order valence-corrected chi connectivity index (χ0v) is 14.2. The van der Waals surface area contributed by atoms with Crippen molar-refractivity contribution in [1.82, 2.24) is 30.2 Å². The lowest BCUT2D eigenvalue weighted by molar-refractivity contribution is 0.365. The van der Waals surface area contributed by atoms with Crippen LogP contribution in [0.1, 0.15) is 24.2 Å². The number of nitrogens with zero attached hydrogens (tertiary/aromatic N) is 5. The molecule has 0 bridgehead atoms. The highest BCUT2D eigenvalue weighted by Gasteiger charge is 2.21. The molecule has 2 aromatic heterocycles. The van der Waals surface area contributed by atoms with Crippen molar-refractivity contribution < 1.29 is 0 Å². The summed E-state index contributed by atoms with van der Waals surface area (Å²) in [7, 11) is 4.12. The molecule has 0 amide bonds. The molecular formula is C14H21BrN6. The van der Waals surface area contributed by atoms with Crippen LogP contribution in [0.2, 0.25) is 0 Å². The highest BCUT2D eigenvalue weighted by molar-refractivity contribution is 9.10. The van der Waals surface area contributed by atoms with E-state index in [-0.39, 0.29) is 6.04 Å². The molecule has 1 N–H and O–H groups in total. The topological polar surface area (TPSA) is 58.9 Å². The van der Waals surface area contributed by atoms with E-state index in [1.54, 1.807) is 12.4 Å². The Balaban J connectivity index is 2.34. The molecule has 0 fully saturated rings. The van der Waals surface area contributed by atoms with E-state index in [1.807, 2.05) is 16.9 Å². The van der Waals surface area contributed by atoms with Crippen molar-refractivity contribution in [3.63, 3.8) is 0 Å². The molecule has 2 rings (SSSR count). The van der Waals surface area contributed by atoms with Crippen LogP contribution in [0.4, 0.5) is 0 Å². The zero-order chi connectivity index (χ0) is 15.2. The molecule has 2 heterocycles. The zero-order valence-electron chi connectivity index (χ0n) is 12.6. The van der Waals surface area contributed by atoms with Gasteiger partial charge in [-0.15, -0.1) is 0 Å². The van der Waals surface area contributed by atoms with Gasteiger partial charge in [-0.3, -0.25) is 4.68 Å². The number of aromatic nitrogens is 4. The van der Waals surface area contributed by atoms with E-state index in [4.69, 9.17) is 0 Å². The first-order valence-corrected chi connectivity index (χ1v) is 7.78. The van der Waals surface area contributed by atoms with Crippen LogP contribution in [0.5, 0.6) is 0 Å². The molecule has 2 aromatic rings. The minimum atomic E-state index is 0.0459. The summed E-state index contributed by atoms with van der Waals surface area (Å²) >= 11 is 3.62. The Kier molecular flexibility index (Phi) is 5.84. The van der Waals surface area contributed by atoms with Crippen molar-refractivity contribution in [3.8, 4) is 0 Å². The molecule has 0 aliphatic carbocycles. The molecule has 0 aromatic carbocycles. The first kappa shape index (κ1) is 16.1. The largest absolute Gasteiger partial charge is 0.308 e. The molecule has 0 aliphatic heterocycles. The summed E-state index contributed by atoms with van der Waals surface area (Å²) in [6, 6.07) is 2.03. The number of hydrogen-bond donors (Lipinski definition) is 1. The standard InChI is InChI=1S/C14H21BrN6/c1-4-16-13(11-5-6-17-18-9-11)14-12(15)10-19-21(14)8-7-20(2)3/h5-6,9-10,13,16H,4,7-8H2,1-3H3. The van der Waals surface area contributed by atoms with Crippen LogP contribution in [0, 0.1) is 0 Å². The summed E-state index contributed by atoms with van der Waals surface area (Å²) in [5, 5.41) is 15.8. The normalized spacial score (nSPS) is 12.8. The van der Waals surface area contributed by atoms with Crippen molar-refractivity contribution in [2.24, 2.45) is 0 Å². The fourth-order valence-electron chi connectivity index (χ4n) is 2.18. The predicted molar refractivity (Wildman–Crippen MR) is 86.0 cm³/mol. The van der Waals surface area contributed by atoms with Gasteiger partial charge in [0.2, 0.25) is 0 Å². The van der Waals surface area contributed by atoms with Crippen molar-refractivity contribution in [1.29, 1.82) is 0 Å². The van der Waals surface area contributed by atoms with E-state index in [1.165, 1.54) is 0 Å². The van der Waals surface area contributed by atoms with Gasteiger partial charge in [-0.25, -0.2) is 0 Å². The molecule has 0 radical (unpaired) electrons.